The molecular formula is C18H31ClSSn. The van der Waals surface area contributed by atoms with Crippen molar-refractivity contribution in [2.45, 2.75) is 77.5 Å². The molecule has 0 unspecified atom stereocenters. The van der Waals surface area contributed by atoms with E-state index in [1.165, 1.54) is 43.4 Å². The number of rotatable bonds is 11. The van der Waals surface area contributed by atoms with Crippen LogP contribution in [0.1, 0.15) is 59.3 Å². The van der Waals surface area contributed by atoms with E-state index in [2.05, 4.69) is 54.0 Å². The number of benzene rings is 1. The number of hydrogen-bond acceptors (Lipinski definition) is 1. The summed E-state index contributed by atoms with van der Waals surface area (Å²) < 4.78 is 4.66. The van der Waals surface area contributed by atoms with Crippen molar-refractivity contribution in [2.75, 3.05) is 0 Å². The molecule has 0 fully saturated rings. The fraction of sp³-hybridized carbons (Fsp3) is 0.667. The van der Waals surface area contributed by atoms with Gasteiger partial charge in [0.25, 0.3) is 0 Å². The van der Waals surface area contributed by atoms with Gasteiger partial charge in [0.05, 0.1) is 0 Å². The van der Waals surface area contributed by atoms with Gasteiger partial charge in [-0.1, -0.05) is 0 Å². The van der Waals surface area contributed by atoms with Crippen LogP contribution in [-0.2, 0) is 0 Å². The van der Waals surface area contributed by atoms with Crippen molar-refractivity contribution in [1.29, 1.82) is 0 Å². The van der Waals surface area contributed by atoms with Gasteiger partial charge in [0, 0.05) is 0 Å². The van der Waals surface area contributed by atoms with Gasteiger partial charge >= 0.3 is 144 Å². The predicted octanol–water partition coefficient (Wildman–Crippen LogP) is 7.78. The second kappa shape index (κ2) is 11.2. The third-order valence-electron chi connectivity index (χ3n) is 4.11. The van der Waals surface area contributed by atoms with Gasteiger partial charge in [0.15, 0.2) is 0 Å². The summed E-state index contributed by atoms with van der Waals surface area (Å²) in [6.45, 7) is 7.01. The molecule has 1 aromatic rings. The molecule has 1 aromatic carbocycles. The van der Waals surface area contributed by atoms with Gasteiger partial charge < -0.3 is 0 Å². The molecule has 0 saturated carbocycles. The molecule has 0 spiro atoms. The van der Waals surface area contributed by atoms with E-state index in [1.54, 1.807) is 13.3 Å². The second-order valence-electron chi connectivity index (χ2n) is 6.05. The Labute approximate surface area is 143 Å². The number of hydrogen-bond donors (Lipinski definition) is 0. The van der Waals surface area contributed by atoms with E-state index >= 15 is 0 Å². The predicted molar refractivity (Wildman–Crippen MR) is 102 cm³/mol. The minimum atomic E-state index is -2.10. The van der Waals surface area contributed by atoms with E-state index in [0.717, 1.165) is 5.02 Å². The molecule has 0 aromatic heterocycles. The van der Waals surface area contributed by atoms with Crippen molar-refractivity contribution in [3.8, 4) is 0 Å². The molecule has 120 valence electrons. The van der Waals surface area contributed by atoms with E-state index in [-0.39, 0.29) is 0 Å². The molecule has 0 aliphatic heterocycles. The van der Waals surface area contributed by atoms with Crippen molar-refractivity contribution in [2.24, 2.45) is 0 Å². The molecule has 0 nitrogen and oxygen atoms in total. The zero-order valence-corrected chi connectivity index (χ0v) is 18.4. The molecule has 0 N–H and O–H groups in total. The third-order valence-corrected chi connectivity index (χ3v) is 26.0. The Balaban J connectivity index is 2.85. The van der Waals surface area contributed by atoms with Crippen molar-refractivity contribution in [1.82, 2.24) is 0 Å². The zero-order chi connectivity index (χ0) is 15.6. The van der Waals surface area contributed by atoms with Gasteiger partial charge in [0.1, 0.15) is 0 Å². The topological polar surface area (TPSA) is 0 Å². The quantitative estimate of drug-likeness (QED) is 0.321. The van der Waals surface area contributed by atoms with Crippen LogP contribution in [0.5, 0.6) is 0 Å². The van der Waals surface area contributed by atoms with Crippen LogP contribution >= 0.6 is 20.5 Å². The summed E-state index contributed by atoms with van der Waals surface area (Å²) in [7, 11) is 2.32. The van der Waals surface area contributed by atoms with Gasteiger partial charge in [-0.3, -0.25) is 0 Å². The minimum absolute atomic E-state index is 0.857. The van der Waals surface area contributed by atoms with Gasteiger partial charge in [0.2, 0.25) is 0 Å². The Bertz CT molecular complexity index is 356. The Morgan fingerprint density at radius 1 is 0.810 bits per heavy atom. The summed E-state index contributed by atoms with van der Waals surface area (Å²) in [6.07, 6.45) is 8.34. The van der Waals surface area contributed by atoms with Crippen LogP contribution < -0.4 is 0 Å². The molecule has 0 saturated heterocycles. The van der Waals surface area contributed by atoms with Crippen LogP contribution in [0.25, 0.3) is 0 Å². The van der Waals surface area contributed by atoms with Gasteiger partial charge in [-0.05, 0) is 0 Å². The summed E-state index contributed by atoms with van der Waals surface area (Å²) in [5.74, 6) is 0. The van der Waals surface area contributed by atoms with E-state index in [0.29, 0.717) is 0 Å². The Hall–Kier alpha value is 0.659. The molecule has 0 aliphatic carbocycles. The molecule has 0 radical (unpaired) electrons. The van der Waals surface area contributed by atoms with Gasteiger partial charge in [-0.25, -0.2) is 0 Å². The standard InChI is InChI=1S/C6H5ClS.3C4H9.Sn/c7-5-1-3-6(8)4-2-5;3*1-3-4-2;/h1-4,8H;3*1,3-4H2,2H3;/q;;;;+1/p-1. The first kappa shape index (κ1) is 19.7. The normalized spacial score (nSPS) is 11.8. The molecule has 0 amide bonds. The van der Waals surface area contributed by atoms with Crippen molar-refractivity contribution < 1.29 is 0 Å². The molecule has 21 heavy (non-hydrogen) atoms. The van der Waals surface area contributed by atoms with Crippen molar-refractivity contribution in [3.63, 3.8) is 0 Å². The zero-order valence-electron chi connectivity index (χ0n) is 14.0. The number of unbranched alkanes of at least 4 members (excludes halogenated alkanes) is 3. The molecule has 0 aliphatic rings. The summed E-state index contributed by atoms with van der Waals surface area (Å²) >= 11 is 3.94. The Morgan fingerprint density at radius 2 is 1.24 bits per heavy atom. The van der Waals surface area contributed by atoms with Crippen LogP contribution in [0.3, 0.4) is 0 Å². The first-order valence-corrected chi connectivity index (χ1v) is 19.3. The molecular weight excluding hydrogens is 402 g/mol. The first-order chi connectivity index (χ1) is 10.2. The summed E-state index contributed by atoms with van der Waals surface area (Å²) in [6, 6.07) is 8.59. The molecule has 0 atom stereocenters. The summed E-state index contributed by atoms with van der Waals surface area (Å²) in [5.41, 5.74) is 0. The Morgan fingerprint density at radius 3 is 1.62 bits per heavy atom. The number of halogens is 1. The maximum absolute atomic E-state index is 6.04. The molecule has 0 bridgehead atoms. The molecule has 1 rings (SSSR count). The first-order valence-electron chi connectivity index (χ1n) is 8.60. The molecule has 0 heterocycles. The van der Waals surface area contributed by atoms with Gasteiger partial charge in [-0.2, -0.15) is 0 Å². The Kier molecular flexibility index (Phi) is 10.5. The monoisotopic (exact) mass is 434 g/mol. The SMILES string of the molecule is CCC[CH2][Sn]([CH2]CCC)([CH2]CCC)[S]c1ccc(Cl)cc1. The molecule has 3 heteroatoms. The van der Waals surface area contributed by atoms with Crippen LogP contribution in [-0.4, -0.2) is 17.0 Å². The van der Waals surface area contributed by atoms with Gasteiger partial charge in [-0.15, -0.1) is 0 Å². The fourth-order valence-electron chi connectivity index (χ4n) is 2.78. The van der Waals surface area contributed by atoms with E-state index < -0.39 is 17.0 Å². The maximum atomic E-state index is 6.04. The van der Waals surface area contributed by atoms with E-state index in [4.69, 9.17) is 11.6 Å². The average Bonchev–Trinajstić information content (AvgIpc) is 2.51. The third kappa shape index (κ3) is 7.65. The van der Waals surface area contributed by atoms with Crippen LogP contribution in [0.15, 0.2) is 29.2 Å². The average molecular weight is 434 g/mol. The summed E-state index contributed by atoms with van der Waals surface area (Å²) in [4.78, 5) is 1.47. The van der Waals surface area contributed by atoms with Crippen molar-refractivity contribution in [3.05, 3.63) is 29.3 Å². The fourth-order valence-corrected chi connectivity index (χ4v) is 25.6. The van der Waals surface area contributed by atoms with E-state index in [1.807, 2.05) is 0 Å². The van der Waals surface area contributed by atoms with Crippen LogP contribution in [0.4, 0.5) is 0 Å². The van der Waals surface area contributed by atoms with Crippen LogP contribution in [0, 0.1) is 0 Å². The van der Waals surface area contributed by atoms with Crippen LogP contribution in [0.2, 0.25) is 18.3 Å². The van der Waals surface area contributed by atoms with Crippen molar-refractivity contribution >= 4 is 37.5 Å². The van der Waals surface area contributed by atoms with E-state index in [9.17, 15) is 0 Å². The second-order valence-corrected chi connectivity index (χ2v) is 25.8. The summed E-state index contributed by atoms with van der Waals surface area (Å²) in [5, 5.41) is 0.857.